The molecule has 21 heavy (non-hydrogen) atoms. The third-order valence-corrected chi connectivity index (χ3v) is 3.14. The summed E-state index contributed by atoms with van der Waals surface area (Å²) in [4.78, 5) is 12.4. The van der Waals surface area contributed by atoms with E-state index in [0.717, 1.165) is 11.1 Å². The van der Waals surface area contributed by atoms with Crippen LogP contribution in [0.4, 0.5) is 0 Å². The number of carbonyl (C=O) groups excluding carboxylic acids is 1. The molecule has 0 saturated carbocycles. The zero-order chi connectivity index (χ0) is 15.8. The number of nitrogens with two attached hydrogens (primary N) is 1. The average Bonchev–Trinajstić information content (AvgIpc) is 2.43. The van der Waals surface area contributed by atoms with Crippen molar-refractivity contribution in [3.05, 3.63) is 34.9 Å². The Morgan fingerprint density at radius 3 is 2.67 bits per heavy atom. The van der Waals surface area contributed by atoms with Crippen LogP contribution in [0.15, 0.2) is 18.2 Å². The summed E-state index contributed by atoms with van der Waals surface area (Å²) in [5, 5.41) is 3.01. The highest BCUT2D eigenvalue weighted by molar-refractivity contribution is 5.95. The quantitative estimate of drug-likeness (QED) is 0.811. The maximum Gasteiger partial charge on any atom is 0.251 e. The van der Waals surface area contributed by atoms with Crippen LogP contribution in [0.2, 0.25) is 0 Å². The van der Waals surface area contributed by atoms with Gasteiger partial charge in [-0.2, -0.15) is 0 Å². The minimum absolute atomic E-state index is 0.0124. The van der Waals surface area contributed by atoms with E-state index in [1.165, 1.54) is 0 Å². The van der Waals surface area contributed by atoms with Crippen LogP contribution in [0, 0.1) is 24.7 Å². The number of hydrogen-bond acceptors (Lipinski definition) is 3. The molecule has 0 aliphatic rings. The number of nitrogens with one attached hydrogen (secondary N) is 1. The monoisotopic (exact) mass is 288 g/mol. The summed E-state index contributed by atoms with van der Waals surface area (Å²) < 4.78 is 5.15. The van der Waals surface area contributed by atoms with E-state index >= 15 is 0 Å². The third kappa shape index (κ3) is 5.58. The molecule has 3 N–H and O–H groups in total. The normalized spacial score (nSPS) is 11.7. The summed E-state index contributed by atoms with van der Waals surface area (Å²) in [6.45, 7) is 6.85. The SMILES string of the molecule is COCC(NC(=O)c1cc(C)cc(C#CCN)c1)C(C)C. The number of aryl methyl sites for hydroxylation is 1. The van der Waals surface area contributed by atoms with Crippen LogP contribution in [-0.2, 0) is 4.74 Å². The molecule has 0 bridgehead atoms. The minimum Gasteiger partial charge on any atom is -0.383 e. The zero-order valence-corrected chi connectivity index (χ0v) is 13.2. The summed E-state index contributed by atoms with van der Waals surface area (Å²) in [7, 11) is 1.63. The molecule has 0 spiro atoms. The Hall–Kier alpha value is -1.83. The lowest BCUT2D eigenvalue weighted by atomic mass is 10.0. The van der Waals surface area contributed by atoms with Gasteiger partial charge in [0, 0.05) is 18.2 Å². The van der Waals surface area contributed by atoms with Crippen molar-refractivity contribution in [1.82, 2.24) is 5.32 Å². The van der Waals surface area contributed by atoms with Crippen molar-refractivity contribution in [1.29, 1.82) is 0 Å². The Kier molecular flexibility index (Phi) is 6.93. The zero-order valence-electron chi connectivity index (χ0n) is 13.2. The number of amides is 1. The maximum atomic E-state index is 12.4. The first-order chi connectivity index (χ1) is 9.97. The van der Waals surface area contributed by atoms with Crippen LogP contribution in [0.1, 0.15) is 35.3 Å². The summed E-state index contributed by atoms with van der Waals surface area (Å²) in [5.41, 5.74) is 7.79. The van der Waals surface area contributed by atoms with Gasteiger partial charge >= 0.3 is 0 Å². The van der Waals surface area contributed by atoms with E-state index in [0.29, 0.717) is 24.6 Å². The van der Waals surface area contributed by atoms with Crippen molar-refractivity contribution < 1.29 is 9.53 Å². The average molecular weight is 288 g/mol. The molecule has 0 aromatic heterocycles. The fourth-order valence-electron chi connectivity index (χ4n) is 1.97. The maximum absolute atomic E-state index is 12.4. The lowest BCUT2D eigenvalue weighted by Gasteiger charge is -2.21. The Balaban J connectivity index is 2.93. The number of benzene rings is 1. The van der Waals surface area contributed by atoms with Crippen molar-refractivity contribution >= 4 is 5.91 Å². The molecule has 1 aromatic carbocycles. The lowest BCUT2D eigenvalue weighted by molar-refractivity contribution is 0.0866. The highest BCUT2D eigenvalue weighted by Gasteiger charge is 2.17. The molecule has 0 radical (unpaired) electrons. The second-order valence-electron chi connectivity index (χ2n) is 5.37. The molecule has 1 aromatic rings. The lowest BCUT2D eigenvalue weighted by Crippen LogP contribution is -2.41. The Bertz CT molecular complexity index is 541. The van der Waals surface area contributed by atoms with E-state index in [9.17, 15) is 4.79 Å². The number of carbonyl (C=O) groups is 1. The summed E-state index contributed by atoms with van der Waals surface area (Å²) in [6.07, 6.45) is 0. The largest absolute Gasteiger partial charge is 0.383 e. The van der Waals surface area contributed by atoms with Gasteiger partial charge in [0.2, 0.25) is 0 Å². The molecular weight excluding hydrogens is 264 g/mol. The topological polar surface area (TPSA) is 64.3 Å². The Morgan fingerprint density at radius 1 is 1.38 bits per heavy atom. The molecule has 0 aliphatic carbocycles. The smallest absolute Gasteiger partial charge is 0.251 e. The van der Waals surface area contributed by atoms with Crippen LogP contribution in [0.3, 0.4) is 0 Å². The summed E-state index contributed by atoms with van der Waals surface area (Å²) >= 11 is 0. The molecule has 0 heterocycles. The molecule has 0 aliphatic heterocycles. The van der Waals surface area contributed by atoms with Crippen molar-refractivity contribution in [2.24, 2.45) is 11.7 Å². The molecule has 1 unspecified atom stereocenters. The fraction of sp³-hybridized carbons (Fsp3) is 0.471. The molecule has 4 heteroatoms. The first-order valence-corrected chi connectivity index (χ1v) is 7.08. The van der Waals surface area contributed by atoms with Gasteiger partial charge in [-0.05, 0) is 36.6 Å². The molecule has 0 saturated heterocycles. The fourth-order valence-corrected chi connectivity index (χ4v) is 1.97. The van der Waals surface area contributed by atoms with Gasteiger partial charge in [-0.15, -0.1) is 0 Å². The molecular formula is C17H24N2O2. The Morgan fingerprint density at radius 2 is 2.10 bits per heavy atom. The van der Waals surface area contributed by atoms with Gasteiger partial charge < -0.3 is 15.8 Å². The summed E-state index contributed by atoms with van der Waals surface area (Å²) in [5.74, 6) is 5.96. The number of ether oxygens (including phenoxy) is 1. The van der Waals surface area contributed by atoms with Gasteiger partial charge in [0.1, 0.15) is 0 Å². The third-order valence-electron chi connectivity index (χ3n) is 3.14. The number of methoxy groups -OCH3 is 1. The number of hydrogen-bond donors (Lipinski definition) is 2. The molecule has 4 nitrogen and oxygen atoms in total. The second kappa shape index (κ2) is 8.46. The van der Waals surface area contributed by atoms with Gasteiger partial charge in [-0.3, -0.25) is 4.79 Å². The van der Waals surface area contributed by atoms with Crippen LogP contribution in [-0.4, -0.2) is 32.2 Å². The van der Waals surface area contributed by atoms with E-state index in [-0.39, 0.29) is 11.9 Å². The Labute approximate surface area is 127 Å². The molecule has 0 fully saturated rings. The van der Waals surface area contributed by atoms with E-state index in [1.54, 1.807) is 13.2 Å². The van der Waals surface area contributed by atoms with Crippen LogP contribution < -0.4 is 11.1 Å². The highest BCUT2D eigenvalue weighted by atomic mass is 16.5. The van der Waals surface area contributed by atoms with Gasteiger partial charge in [-0.25, -0.2) is 0 Å². The van der Waals surface area contributed by atoms with Gasteiger partial charge in [0.05, 0.1) is 19.2 Å². The van der Waals surface area contributed by atoms with Gasteiger partial charge in [0.15, 0.2) is 0 Å². The first kappa shape index (κ1) is 17.2. The van der Waals surface area contributed by atoms with E-state index in [2.05, 4.69) is 31.0 Å². The van der Waals surface area contributed by atoms with Crippen LogP contribution in [0.5, 0.6) is 0 Å². The van der Waals surface area contributed by atoms with Crippen LogP contribution >= 0.6 is 0 Å². The molecule has 1 rings (SSSR count). The van der Waals surface area contributed by atoms with E-state index in [1.807, 2.05) is 19.1 Å². The number of rotatable bonds is 5. The van der Waals surface area contributed by atoms with Crippen molar-refractivity contribution in [3.63, 3.8) is 0 Å². The van der Waals surface area contributed by atoms with Crippen molar-refractivity contribution in [2.75, 3.05) is 20.3 Å². The van der Waals surface area contributed by atoms with E-state index < -0.39 is 0 Å². The first-order valence-electron chi connectivity index (χ1n) is 7.08. The highest BCUT2D eigenvalue weighted by Crippen LogP contribution is 2.10. The van der Waals surface area contributed by atoms with E-state index in [4.69, 9.17) is 10.5 Å². The van der Waals surface area contributed by atoms with Gasteiger partial charge in [0.25, 0.3) is 5.91 Å². The minimum atomic E-state index is -0.106. The van der Waals surface area contributed by atoms with Crippen LogP contribution in [0.25, 0.3) is 0 Å². The van der Waals surface area contributed by atoms with Gasteiger partial charge in [-0.1, -0.05) is 25.7 Å². The molecule has 1 atom stereocenters. The summed E-state index contributed by atoms with van der Waals surface area (Å²) in [6, 6.07) is 5.57. The predicted molar refractivity (Wildman–Crippen MR) is 85.1 cm³/mol. The standard InChI is InChI=1S/C17H24N2O2/c1-12(2)16(11-21-4)19-17(20)15-9-13(3)8-14(10-15)6-5-7-18/h8-10,12,16H,7,11,18H2,1-4H3,(H,19,20). The van der Waals surface area contributed by atoms with Crippen molar-refractivity contribution in [3.8, 4) is 11.8 Å². The van der Waals surface area contributed by atoms with Crippen molar-refractivity contribution in [2.45, 2.75) is 26.8 Å². The molecule has 1 amide bonds. The second-order valence-corrected chi connectivity index (χ2v) is 5.37. The molecule has 114 valence electrons. The predicted octanol–water partition coefficient (Wildman–Crippen LogP) is 1.71.